The molecule has 0 unspecified atom stereocenters. The zero-order valence-corrected chi connectivity index (χ0v) is 15.2. The van der Waals surface area contributed by atoms with Gasteiger partial charge in [0.2, 0.25) is 5.78 Å². The molecule has 1 aliphatic rings. The molecule has 0 N–H and O–H groups in total. The van der Waals surface area contributed by atoms with E-state index in [1.807, 2.05) is 0 Å². The number of halogens is 3. The van der Waals surface area contributed by atoms with Crippen molar-refractivity contribution in [3.8, 4) is 11.5 Å². The van der Waals surface area contributed by atoms with Gasteiger partial charge < -0.3 is 9.47 Å². The van der Waals surface area contributed by atoms with Crippen molar-refractivity contribution >= 4 is 23.5 Å². The third kappa shape index (κ3) is 3.49. The molecule has 0 spiro atoms. The largest absolute Gasteiger partial charge is 0.489 e. The smallest absolute Gasteiger partial charge is 0.231 e. The molecule has 0 saturated heterocycles. The molecule has 1 aliphatic heterocycles. The first-order valence-corrected chi connectivity index (χ1v) is 8.79. The second-order valence-corrected chi connectivity index (χ2v) is 6.52. The van der Waals surface area contributed by atoms with E-state index in [4.69, 9.17) is 21.1 Å². The van der Waals surface area contributed by atoms with Crippen LogP contribution in [0.5, 0.6) is 11.5 Å². The molecule has 3 aromatic carbocycles. The molecule has 28 heavy (non-hydrogen) atoms. The molecule has 0 saturated carbocycles. The van der Waals surface area contributed by atoms with Gasteiger partial charge in [-0.15, -0.1) is 0 Å². The summed E-state index contributed by atoms with van der Waals surface area (Å²) in [6.45, 7) is -0.284. The van der Waals surface area contributed by atoms with Crippen LogP contribution in [0.2, 0.25) is 5.02 Å². The Kier molecular flexibility index (Phi) is 4.84. The highest BCUT2D eigenvalue weighted by Gasteiger charge is 2.28. The van der Waals surface area contributed by atoms with Gasteiger partial charge in [-0.3, -0.25) is 4.79 Å². The Bertz CT molecular complexity index is 1090. The van der Waals surface area contributed by atoms with E-state index in [-0.39, 0.29) is 23.7 Å². The number of benzene rings is 3. The van der Waals surface area contributed by atoms with Gasteiger partial charge in [0.15, 0.2) is 5.76 Å². The first-order chi connectivity index (χ1) is 13.5. The zero-order valence-electron chi connectivity index (χ0n) is 14.4. The molecule has 0 fully saturated rings. The quantitative estimate of drug-likeness (QED) is 0.520. The number of carbonyl (C=O) groups is 1. The number of carbonyl (C=O) groups excluding carboxylic acids is 1. The Morgan fingerprint density at radius 1 is 1.00 bits per heavy atom. The van der Waals surface area contributed by atoms with Crippen molar-refractivity contribution < 1.29 is 23.0 Å². The lowest BCUT2D eigenvalue weighted by Crippen LogP contribution is -2.01. The Morgan fingerprint density at radius 2 is 1.75 bits per heavy atom. The van der Waals surface area contributed by atoms with Gasteiger partial charge in [-0.25, -0.2) is 8.78 Å². The lowest BCUT2D eigenvalue weighted by molar-refractivity contribution is 0.101. The van der Waals surface area contributed by atoms with Crippen LogP contribution in [0, 0.1) is 11.6 Å². The van der Waals surface area contributed by atoms with Gasteiger partial charge in [0.1, 0.15) is 29.7 Å². The monoisotopic (exact) mass is 398 g/mol. The Balaban J connectivity index is 1.55. The molecule has 0 bridgehead atoms. The van der Waals surface area contributed by atoms with Gasteiger partial charge in [0, 0.05) is 11.1 Å². The summed E-state index contributed by atoms with van der Waals surface area (Å²) in [5, 5.41) is 0.498. The normalized spacial score (nSPS) is 14.1. The molecule has 0 atom stereocenters. The highest BCUT2D eigenvalue weighted by molar-refractivity contribution is 6.32. The third-order valence-electron chi connectivity index (χ3n) is 4.28. The van der Waals surface area contributed by atoms with Crippen LogP contribution < -0.4 is 9.47 Å². The van der Waals surface area contributed by atoms with E-state index in [0.29, 0.717) is 27.6 Å². The van der Waals surface area contributed by atoms with E-state index >= 15 is 0 Å². The molecule has 3 aromatic rings. The van der Waals surface area contributed by atoms with Crippen LogP contribution in [0.3, 0.4) is 0 Å². The fourth-order valence-electron chi connectivity index (χ4n) is 2.82. The lowest BCUT2D eigenvalue weighted by Gasteiger charge is -2.09. The molecular formula is C22H13ClF2O3. The van der Waals surface area contributed by atoms with E-state index in [1.54, 1.807) is 42.5 Å². The molecule has 3 nitrogen and oxygen atoms in total. The number of ether oxygens (including phenoxy) is 2. The standard InChI is InChI=1S/C22H13ClF2O3/c23-17-5-2-1-4-13(17)10-21-22(26)15-9-8-14(11-20(15)28-21)27-12-16-18(24)6-3-7-19(16)25/h1-11H,12H2/b21-10-. The molecule has 4 rings (SSSR count). The molecule has 0 aliphatic carbocycles. The predicted octanol–water partition coefficient (Wildman–Crippen LogP) is 5.81. The van der Waals surface area contributed by atoms with Crippen LogP contribution in [0.4, 0.5) is 8.78 Å². The van der Waals surface area contributed by atoms with E-state index in [2.05, 4.69) is 0 Å². The van der Waals surface area contributed by atoms with Gasteiger partial charge in [-0.2, -0.15) is 0 Å². The van der Waals surface area contributed by atoms with Crippen molar-refractivity contribution in [3.05, 3.63) is 99.8 Å². The van der Waals surface area contributed by atoms with Crippen LogP contribution in [0.15, 0.2) is 66.4 Å². The summed E-state index contributed by atoms with van der Waals surface area (Å²) < 4.78 is 38.5. The first kappa shape index (κ1) is 18.2. The topological polar surface area (TPSA) is 35.5 Å². The summed E-state index contributed by atoms with van der Waals surface area (Å²) in [5.74, 6) is -0.861. The average Bonchev–Trinajstić information content (AvgIpc) is 2.98. The van der Waals surface area contributed by atoms with Crippen LogP contribution in [-0.4, -0.2) is 5.78 Å². The van der Waals surface area contributed by atoms with Crippen molar-refractivity contribution in [2.45, 2.75) is 6.61 Å². The Hall–Kier alpha value is -3.18. The van der Waals surface area contributed by atoms with E-state index < -0.39 is 11.6 Å². The maximum absolute atomic E-state index is 13.7. The minimum Gasteiger partial charge on any atom is -0.489 e. The molecule has 140 valence electrons. The van der Waals surface area contributed by atoms with Gasteiger partial charge >= 0.3 is 0 Å². The van der Waals surface area contributed by atoms with Crippen molar-refractivity contribution in [3.63, 3.8) is 0 Å². The number of allylic oxidation sites excluding steroid dienone is 1. The fraction of sp³-hybridized carbons (Fsp3) is 0.0455. The summed E-state index contributed by atoms with van der Waals surface area (Å²) in [6, 6.07) is 15.3. The van der Waals surface area contributed by atoms with Crippen molar-refractivity contribution in [2.75, 3.05) is 0 Å². The van der Waals surface area contributed by atoms with Crippen LogP contribution in [-0.2, 0) is 6.61 Å². The SMILES string of the molecule is O=C1/C(=C/c2ccccc2Cl)Oc2cc(OCc3c(F)cccc3F)ccc21. The Labute approximate surface area is 164 Å². The first-order valence-electron chi connectivity index (χ1n) is 8.41. The molecule has 1 heterocycles. The van der Waals surface area contributed by atoms with Gasteiger partial charge in [0.05, 0.1) is 11.1 Å². The number of Topliss-reactive ketones (excluding diaryl/α,β-unsaturated/α-hetero) is 1. The third-order valence-corrected chi connectivity index (χ3v) is 4.62. The van der Waals surface area contributed by atoms with E-state index in [1.165, 1.54) is 12.1 Å². The van der Waals surface area contributed by atoms with Gasteiger partial charge in [-0.1, -0.05) is 35.9 Å². The zero-order chi connectivity index (χ0) is 19.7. The fourth-order valence-corrected chi connectivity index (χ4v) is 3.01. The van der Waals surface area contributed by atoms with Crippen molar-refractivity contribution in [1.82, 2.24) is 0 Å². The number of ketones is 1. The molecule has 0 radical (unpaired) electrons. The minimum absolute atomic E-state index is 0.139. The van der Waals surface area contributed by atoms with Crippen molar-refractivity contribution in [1.29, 1.82) is 0 Å². The predicted molar refractivity (Wildman–Crippen MR) is 102 cm³/mol. The summed E-state index contributed by atoms with van der Waals surface area (Å²) >= 11 is 6.12. The lowest BCUT2D eigenvalue weighted by atomic mass is 10.1. The molecule has 0 aromatic heterocycles. The molecule has 6 heteroatoms. The second-order valence-electron chi connectivity index (χ2n) is 6.11. The van der Waals surface area contributed by atoms with Crippen LogP contribution in [0.1, 0.15) is 21.5 Å². The van der Waals surface area contributed by atoms with Crippen molar-refractivity contribution in [2.24, 2.45) is 0 Å². The summed E-state index contributed by atoms with van der Waals surface area (Å²) in [6.07, 6.45) is 1.57. The number of fused-ring (bicyclic) bond motifs is 1. The van der Waals surface area contributed by atoms with Crippen LogP contribution >= 0.6 is 11.6 Å². The molecular weight excluding hydrogens is 386 g/mol. The summed E-state index contributed by atoms with van der Waals surface area (Å²) in [7, 11) is 0. The number of rotatable bonds is 4. The second kappa shape index (κ2) is 7.44. The maximum atomic E-state index is 13.7. The average molecular weight is 399 g/mol. The highest BCUT2D eigenvalue weighted by atomic mass is 35.5. The number of hydrogen-bond donors (Lipinski definition) is 0. The highest BCUT2D eigenvalue weighted by Crippen LogP contribution is 2.35. The molecule has 0 amide bonds. The van der Waals surface area contributed by atoms with Gasteiger partial charge in [-0.05, 0) is 42.0 Å². The van der Waals surface area contributed by atoms with Gasteiger partial charge in [0.25, 0.3) is 0 Å². The Morgan fingerprint density at radius 3 is 2.50 bits per heavy atom. The van der Waals surface area contributed by atoms with E-state index in [0.717, 1.165) is 12.1 Å². The minimum atomic E-state index is -0.683. The van der Waals surface area contributed by atoms with Crippen LogP contribution in [0.25, 0.3) is 6.08 Å². The number of hydrogen-bond acceptors (Lipinski definition) is 3. The van der Waals surface area contributed by atoms with E-state index in [9.17, 15) is 13.6 Å². The summed E-state index contributed by atoms with van der Waals surface area (Å²) in [5.41, 5.74) is 0.869. The summed E-state index contributed by atoms with van der Waals surface area (Å²) in [4.78, 5) is 12.5. The maximum Gasteiger partial charge on any atom is 0.231 e.